The number of nitrogens with zero attached hydrogens (tertiary/aromatic N) is 1. The van der Waals surface area contributed by atoms with E-state index in [0.717, 1.165) is 16.8 Å². The van der Waals surface area contributed by atoms with Crippen LogP contribution in [0.15, 0.2) is 30.5 Å². The second-order valence-corrected chi connectivity index (χ2v) is 3.87. The molecule has 1 heterocycles. The highest BCUT2D eigenvalue weighted by molar-refractivity contribution is 5.99. The van der Waals surface area contributed by atoms with Gasteiger partial charge in [0.2, 0.25) is 0 Å². The number of nitrogens with one attached hydrogen (secondary N) is 3. The summed E-state index contributed by atoms with van der Waals surface area (Å²) in [7, 11) is 0. The summed E-state index contributed by atoms with van der Waals surface area (Å²) >= 11 is 0. The third kappa shape index (κ3) is 2.84. The Bertz CT molecular complexity index is 516. The second-order valence-electron chi connectivity index (χ2n) is 3.87. The summed E-state index contributed by atoms with van der Waals surface area (Å²) in [6, 6.07) is 7.30. The van der Waals surface area contributed by atoms with Crippen LogP contribution in [0.5, 0.6) is 0 Å². The number of carbonyl (C=O) groups is 1. The molecule has 5 nitrogen and oxygen atoms in total. The molecule has 3 N–H and O–H groups in total. The Balaban J connectivity index is 1.98. The molecule has 2 rings (SSSR count). The third-order valence-electron chi connectivity index (χ3n) is 2.38. The quantitative estimate of drug-likeness (QED) is 0.742. The summed E-state index contributed by atoms with van der Waals surface area (Å²) in [6.45, 7) is 3.86. The zero-order valence-corrected chi connectivity index (χ0v) is 9.74. The van der Waals surface area contributed by atoms with E-state index >= 15 is 0 Å². The van der Waals surface area contributed by atoms with Gasteiger partial charge in [-0.15, -0.1) is 0 Å². The first-order chi connectivity index (χ1) is 8.15. The summed E-state index contributed by atoms with van der Waals surface area (Å²) in [5, 5.41) is 12.0. The van der Waals surface area contributed by atoms with Gasteiger partial charge in [-0.2, -0.15) is 5.10 Å². The first kappa shape index (κ1) is 11.2. The van der Waals surface area contributed by atoms with E-state index in [0.29, 0.717) is 5.82 Å². The maximum Gasteiger partial charge on any atom is 0.324 e. The largest absolute Gasteiger partial charge is 0.324 e. The molecule has 0 aliphatic heterocycles. The van der Waals surface area contributed by atoms with Gasteiger partial charge in [-0.25, -0.2) is 4.79 Å². The van der Waals surface area contributed by atoms with Crippen molar-refractivity contribution in [2.45, 2.75) is 13.8 Å². The summed E-state index contributed by atoms with van der Waals surface area (Å²) in [4.78, 5) is 11.6. The maximum atomic E-state index is 11.6. The highest BCUT2D eigenvalue weighted by Gasteiger charge is 2.05. The molecule has 0 aliphatic rings. The standard InChI is InChI=1S/C12H14N4O/c1-8-3-5-10(6-4-8)14-12(17)15-11-9(2)7-13-16-11/h3-7H,1-2H3,(H3,13,14,15,16,17). The highest BCUT2D eigenvalue weighted by Crippen LogP contribution is 2.11. The monoisotopic (exact) mass is 230 g/mol. The molecule has 88 valence electrons. The number of hydrogen-bond acceptors (Lipinski definition) is 2. The van der Waals surface area contributed by atoms with Crippen molar-refractivity contribution in [1.82, 2.24) is 10.2 Å². The van der Waals surface area contributed by atoms with Crippen molar-refractivity contribution >= 4 is 17.5 Å². The fraction of sp³-hybridized carbons (Fsp3) is 0.167. The van der Waals surface area contributed by atoms with Crippen LogP contribution in [0.4, 0.5) is 16.3 Å². The van der Waals surface area contributed by atoms with E-state index < -0.39 is 0 Å². The SMILES string of the molecule is Cc1ccc(NC(=O)Nc2[nH]ncc2C)cc1. The lowest BCUT2D eigenvalue weighted by atomic mass is 10.2. The fourth-order valence-electron chi connectivity index (χ4n) is 1.39. The molecule has 1 aromatic carbocycles. The first-order valence-electron chi connectivity index (χ1n) is 5.30. The molecule has 0 saturated carbocycles. The number of aryl methyl sites for hydroxylation is 2. The summed E-state index contributed by atoms with van der Waals surface area (Å²) < 4.78 is 0. The Morgan fingerprint density at radius 2 is 1.88 bits per heavy atom. The van der Waals surface area contributed by atoms with Gasteiger partial charge in [0.15, 0.2) is 0 Å². The molecule has 2 aromatic rings. The Labute approximate surface area is 99.2 Å². The number of urea groups is 1. The molecule has 5 heteroatoms. The van der Waals surface area contributed by atoms with Gasteiger partial charge in [0.1, 0.15) is 5.82 Å². The second kappa shape index (κ2) is 4.69. The molecule has 1 aromatic heterocycles. The van der Waals surface area contributed by atoms with Gasteiger partial charge in [-0.05, 0) is 26.0 Å². The van der Waals surface area contributed by atoms with Gasteiger partial charge in [0.05, 0.1) is 6.20 Å². The van der Waals surface area contributed by atoms with Gasteiger partial charge in [0.25, 0.3) is 0 Å². The van der Waals surface area contributed by atoms with Crippen LogP contribution < -0.4 is 10.6 Å². The molecule has 0 spiro atoms. The van der Waals surface area contributed by atoms with Crippen molar-refractivity contribution < 1.29 is 4.79 Å². The van der Waals surface area contributed by atoms with E-state index in [1.54, 1.807) is 6.20 Å². The van der Waals surface area contributed by atoms with Crippen LogP contribution in [0, 0.1) is 13.8 Å². The van der Waals surface area contributed by atoms with Crippen LogP contribution in [0.2, 0.25) is 0 Å². The lowest BCUT2D eigenvalue weighted by Crippen LogP contribution is -2.20. The first-order valence-corrected chi connectivity index (χ1v) is 5.30. The van der Waals surface area contributed by atoms with E-state index in [1.807, 2.05) is 38.1 Å². The molecule has 0 saturated heterocycles. The number of anilines is 2. The average Bonchev–Trinajstić information content (AvgIpc) is 2.68. The van der Waals surface area contributed by atoms with E-state index in [1.165, 1.54) is 0 Å². The van der Waals surface area contributed by atoms with Crippen LogP contribution >= 0.6 is 0 Å². The summed E-state index contributed by atoms with van der Waals surface area (Å²) in [6.07, 6.45) is 1.65. The van der Waals surface area contributed by atoms with Gasteiger partial charge >= 0.3 is 6.03 Å². The molecule has 2 amide bonds. The molecular weight excluding hydrogens is 216 g/mol. The van der Waals surface area contributed by atoms with Crippen molar-refractivity contribution in [3.8, 4) is 0 Å². The number of carbonyl (C=O) groups excluding carboxylic acids is 1. The molecule has 0 bridgehead atoms. The van der Waals surface area contributed by atoms with Crippen LogP contribution in [-0.2, 0) is 0 Å². The van der Waals surface area contributed by atoms with Crippen LogP contribution in [0.25, 0.3) is 0 Å². The Morgan fingerprint density at radius 1 is 1.18 bits per heavy atom. The molecule has 0 fully saturated rings. The van der Waals surface area contributed by atoms with Gasteiger partial charge in [-0.3, -0.25) is 10.4 Å². The Hall–Kier alpha value is -2.30. The smallest absolute Gasteiger partial charge is 0.308 e. The molecular formula is C12H14N4O. The zero-order chi connectivity index (χ0) is 12.3. The third-order valence-corrected chi connectivity index (χ3v) is 2.38. The fourth-order valence-corrected chi connectivity index (χ4v) is 1.39. The number of amides is 2. The maximum absolute atomic E-state index is 11.6. The lowest BCUT2D eigenvalue weighted by molar-refractivity contribution is 0.262. The number of aromatic amines is 1. The number of H-pyrrole nitrogens is 1. The van der Waals surface area contributed by atoms with Crippen molar-refractivity contribution in [2.75, 3.05) is 10.6 Å². The minimum absolute atomic E-state index is 0.291. The Morgan fingerprint density at radius 3 is 2.47 bits per heavy atom. The number of aromatic nitrogens is 2. The minimum Gasteiger partial charge on any atom is -0.308 e. The Kier molecular flexibility index (Phi) is 3.09. The highest BCUT2D eigenvalue weighted by atomic mass is 16.2. The van der Waals surface area contributed by atoms with Crippen LogP contribution in [0.1, 0.15) is 11.1 Å². The van der Waals surface area contributed by atoms with Crippen LogP contribution in [0.3, 0.4) is 0 Å². The van der Waals surface area contributed by atoms with E-state index in [4.69, 9.17) is 0 Å². The summed E-state index contributed by atoms with van der Waals surface area (Å²) in [5.74, 6) is 0.606. The number of hydrogen-bond donors (Lipinski definition) is 3. The zero-order valence-electron chi connectivity index (χ0n) is 9.74. The molecule has 0 atom stereocenters. The topological polar surface area (TPSA) is 69.8 Å². The average molecular weight is 230 g/mol. The summed E-state index contributed by atoms with van der Waals surface area (Å²) in [5.41, 5.74) is 2.80. The molecule has 0 aliphatic carbocycles. The minimum atomic E-state index is -0.291. The van der Waals surface area contributed by atoms with Crippen molar-refractivity contribution in [3.63, 3.8) is 0 Å². The number of rotatable bonds is 2. The van der Waals surface area contributed by atoms with Crippen molar-refractivity contribution in [1.29, 1.82) is 0 Å². The van der Waals surface area contributed by atoms with Crippen molar-refractivity contribution in [3.05, 3.63) is 41.6 Å². The predicted octanol–water partition coefficient (Wildman–Crippen LogP) is 2.67. The van der Waals surface area contributed by atoms with Gasteiger partial charge in [0, 0.05) is 11.3 Å². The lowest BCUT2D eigenvalue weighted by Gasteiger charge is -2.06. The van der Waals surface area contributed by atoms with E-state index in [9.17, 15) is 4.79 Å². The van der Waals surface area contributed by atoms with E-state index in [2.05, 4.69) is 20.8 Å². The molecule has 0 unspecified atom stereocenters. The normalized spacial score (nSPS) is 10.0. The van der Waals surface area contributed by atoms with Crippen LogP contribution in [-0.4, -0.2) is 16.2 Å². The van der Waals surface area contributed by atoms with Gasteiger partial charge < -0.3 is 5.32 Å². The number of benzene rings is 1. The van der Waals surface area contributed by atoms with E-state index in [-0.39, 0.29) is 6.03 Å². The predicted molar refractivity (Wildman–Crippen MR) is 67.1 cm³/mol. The molecule has 17 heavy (non-hydrogen) atoms. The molecule has 0 radical (unpaired) electrons. The van der Waals surface area contributed by atoms with Gasteiger partial charge in [-0.1, -0.05) is 17.7 Å². The van der Waals surface area contributed by atoms with Crippen molar-refractivity contribution in [2.24, 2.45) is 0 Å².